The number of aliphatic hydroxyl groups excluding tert-OH is 1. The number of amides is 3. The van der Waals surface area contributed by atoms with E-state index in [1.54, 1.807) is 30.3 Å². The molecule has 0 radical (unpaired) electrons. The van der Waals surface area contributed by atoms with Crippen molar-refractivity contribution in [2.75, 3.05) is 0 Å². The highest BCUT2D eigenvalue weighted by atomic mass is 16.4. The predicted molar refractivity (Wildman–Crippen MR) is 130 cm³/mol. The zero-order valence-electron chi connectivity index (χ0n) is 20.6. The molecule has 0 saturated heterocycles. The first-order chi connectivity index (χ1) is 16.8. The zero-order chi connectivity index (χ0) is 27.4. The third kappa shape index (κ3) is 10.8. The second-order valence-corrected chi connectivity index (χ2v) is 9.05. The number of carbonyl (C=O) groups is 5. The van der Waals surface area contributed by atoms with E-state index in [9.17, 15) is 34.2 Å². The topological polar surface area (TPSA) is 208 Å². The van der Waals surface area contributed by atoms with Crippen LogP contribution in [0.1, 0.15) is 45.6 Å². The number of carboxylic acid groups (broad SMARTS) is 2. The van der Waals surface area contributed by atoms with E-state index in [1.807, 2.05) is 13.8 Å². The molecule has 1 rings (SSSR count). The van der Waals surface area contributed by atoms with Crippen molar-refractivity contribution in [3.8, 4) is 0 Å². The summed E-state index contributed by atoms with van der Waals surface area (Å²) in [5.41, 5.74) is 6.53. The van der Waals surface area contributed by atoms with Crippen LogP contribution in [-0.4, -0.2) is 75.3 Å². The number of nitrogens with one attached hydrogen (secondary N) is 3. The molecule has 200 valence electrons. The van der Waals surface area contributed by atoms with E-state index in [1.165, 1.54) is 6.92 Å². The van der Waals surface area contributed by atoms with Crippen LogP contribution in [0.25, 0.3) is 0 Å². The van der Waals surface area contributed by atoms with E-state index < -0.39 is 66.4 Å². The monoisotopic (exact) mass is 508 g/mol. The van der Waals surface area contributed by atoms with Gasteiger partial charge in [0.2, 0.25) is 17.7 Å². The summed E-state index contributed by atoms with van der Waals surface area (Å²) in [6.07, 6.45) is -1.79. The number of aliphatic carboxylic acids is 2. The fourth-order valence-electron chi connectivity index (χ4n) is 3.40. The number of aliphatic hydroxyl groups is 1. The number of rotatable bonds is 15. The van der Waals surface area contributed by atoms with Crippen molar-refractivity contribution in [2.45, 2.75) is 76.7 Å². The lowest BCUT2D eigenvalue weighted by Crippen LogP contribution is -2.58. The fraction of sp³-hybridized carbons (Fsp3) is 0.542. The maximum Gasteiger partial charge on any atom is 0.328 e. The minimum absolute atomic E-state index is 0.0307. The Morgan fingerprint density at radius 1 is 0.861 bits per heavy atom. The Balaban J connectivity index is 3.13. The number of hydrogen-bond donors (Lipinski definition) is 7. The second-order valence-electron chi connectivity index (χ2n) is 9.05. The van der Waals surface area contributed by atoms with Crippen molar-refractivity contribution < 1.29 is 39.3 Å². The molecule has 5 unspecified atom stereocenters. The van der Waals surface area contributed by atoms with Gasteiger partial charge >= 0.3 is 11.9 Å². The predicted octanol–water partition coefficient (Wildman–Crippen LogP) is -0.613. The molecule has 5 atom stereocenters. The van der Waals surface area contributed by atoms with Crippen LogP contribution in [0.2, 0.25) is 0 Å². The first-order valence-electron chi connectivity index (χ1n) is 11.6. The van der Waals surface area contributed by atoms with Gasteiger partial charge in [-0.2, -0.15) is 0 Å². The van der Waals surface area contributed by atoms with Crippen molar-refractivity contribution >= 4 is 29.7 Å². The molecule has 0 spiro atoms. The third-order valence-electron chi connectivity index (χ3n) is 5.30. The van der Waals surface area contributed by atoms with Crippen LogP contribution < -0.4 is 21.7 Å². The van der Waals surface area contributed by atoms with E-state index in [-0.39, 0.29) is 18.8 Å². The lowest BCUT2D eigenvalue weighted by atomic mass is 10.0. The lowest BCUT2D eigenvalue weighted by molar-refractivity contribution is -0.145. The molecule has 0 aliphatic heterocycles. The Labute approximate surface area is 209 Å². The number of nitrogens with two attached hydrogens (primary N) is 1. The van der Waals surface area contributed by atoms with Crippen molar-refractivity contribution in [3.05, 3.63) is 35.9 Å². The zero-order valence-corrected chi connectivity index (χ0v) is 20.6. The van der Waals surface area contributed by atoms with Crippen molar-refractivity contribution in [3.63, 3.8) is 0 Å². The van der Waals surface area contributed by atoms with Gasteiger partial charge in [-0.3, -0.25) is 19.2 Å². The van der Waals surface area contributed by atoms with Crippen LogP contribution in [0, 0.1) is 5.92 Å². The quantitative estimate of drug-likeness (QED) is 0.161. The average Bonchev–Trinajstić information content (AvgIpc) is 2.78. The molecule has 0 aliphatic rings. The van der Waals surface area contributed by atoms with Gasteiger partial charge in [-0.05, 0) is 31.2 Å². The van der Waals surface area contributed by atoms with Crippen molar-refractivity contribution in [1.82, 2.24) is 16.0 Å². The maximum absolute atomic E-state index is 13.1. The van der Waals surface area contributed by atoms with Crippen LogP contribution in [0.5, 0.6) is 0 Å². The van der Waals surface area contributed by atoms with Gasteiger partial charge in [-0.1, -0.05) is 44.2 Å². The number of hydrogen-bond acceptors (Lipinski definition) is 7. The van der Waals surface area contributed by atoms with Gasteiger partial charge in [0.05, 0.1) is 12.1 Å². The molecule has 0 aromatic heterocycles. The summed E-state index contributed by atoms with van der Waals surface area (Å²) in [7, 11) is 0. The minimum atomic E-state index is -1.62. The average molecular weight is 509 g/mol. The second kappa shape index (κ2) is 14.8. The largest absolute Gasteiger partial charge is 0.481 e. The summed E-state index contributed by atoms with van der Waals surface area (Å²) < 4.78 is 0. The van der Waals surface area contributed by atoms with Crippen LogP contribution in [0.4, 0.5) is 0 Å². The van der Waals surface area contributed by atoms with Crippen molar-refractivity contribution in [2.24, 2.45) is 11.7 Å². The molecule has 1 aromatic carbocycles. The Hall–Kier alpha value is -3.51. The molecule has 12 nitrogen and oxygen atoms in total. The first-order valence-corrected chi connectivity index (χ1v) is 11.6. The Bertz CT molecular complexity index is 907. The number of carbonyl (C=O) groups excluding carboxylic acids is 3. The SMILES string of the molecule is CC(C)CC(N)C(=O)NC(CCC(=O)O)C(=O)NC(Cc1ccccc1)C(=O)NC(C(=O)O)C(C)O. The molecule has 1 aromatic rings. The van der Waals surface area contributed by atoms with E-state index >= 15 is 0 Å². The van der Waals surface area contributed by atoms with E-state index in [4.69, 9.17) is 10.8 Å². The maximum atomic E-state index is 13.1. The molecule has 12 heteroatoms. The van der Waals surface area contributed by atoms with Crippen LogP contribution in [0.15, 0.2) is 30.3 Å². The normalized spacial score (nSPS) is 15.2. The van der Waals surface area contributed by atoms with Crippen molar-refractivity contribution in [1.29, 1.82) is 0 Å². The Morgan fingerprint density at radius 3 is 1.92 bits per heavy atom. The molecule has 0 saturated carbocycles. The summed E-state index contributed by atoms with van der Waals surface area (Å²) in [6, 6.07) is 3.46. The molecular formula is C24H36N4O8. The van der Waals surface area contributed by atoms with Crippen LogP contribution in [0.3, 0.4) is 0 Å². The number of carboxylic acids is 2. The molecular weight excluding hydrogens is 472 g/mol. The van der Waals surface area contributed by atoms with Crippen LogP contribution in [-0.2, 0) is 30.4 Å². The molecule has 36 heavy (non-hydrogen) atoms. The Kier molecular flexibility index (Phi) is 12.5. The summed E-state index contributed by atoms with van der Waals surface area (Å²) in [4.78, 5) is 61.1. The molecule has 8 N–H and O–H groups in total. The van der Waals surface area contributed by atoms with E-state index in [0.717, 1.165) is 0 Å². The van der Waals surface area contributed by atoms with Gasteiger partial charge in [0.15, 0.2) is 6.04 Å². The van der Waals surface area contributed by atoms with Gasteiger partial charge in [-0.15, -0.1) is 0 Å². The van der Waals surface area contributed by atoms with Gasteiger partial charge < -0.3 is 37.0 Å². The van der Waals surface area contributed by atoms with Gasteiger partial charge in [-0.25, -0.2) is 4.79 Å². The number of benzene rings is 1. The molecule has 0 aliphatic carbocycles. The van der Waals surface area contributed by atoms with E-state index in [2.05, 4.69) is 16.0 Å². The summed E-state index contributed by atoms with van der Waals surface area (Å²) in [5.74, 6) is -4.89. The van der Waals surface area contributed by atoms with Gasteiger partial charge in [0.1, 0.15) is 12.1 Å². The standard InChI is InChI=1S/C24H36N4O8/c1-13(2)11-16(25)21(32)26-17(9-10-19(30)31)22(33)27-18(12-15-7-5-4-6-8-15)23(34)28-20(14(3)29)24(35)36/h4-8,13-14,16-18,20,29H,9-12,25H2,1-3H3,(H,26,32)(H,27,33)(H,28,34)(H,30,31)(H,35,36). The summed E-state index contributed by atoms with van der Waals surface area (Å²) in [6.45, 7) is 4.93. The van der Waals surface area contributed by atoms with E-state index in [0.29, 0.717) is 12.0 Å². The fourth-order valence-corrected chi connectivity index (χ4v) is 3.40. The third-order valence-corrected chi connectivity index (χ3v) is 5.30. The van der Waals surface area contributed by atoms with Crippen LogP contribution >= 0.6 is 0 Å². The van der Waals surface area contributed by atoms with Gasteiger partial charge in [0.25, 0.3) is 0 Å². The lowest BCUT2D eigenvalue weighted by Gasteiger charge is -2.26. The highest BCUT2D eigenvalue weighted by molar-refractivity contribution is 5.94. The minimum Gasteiger partial charge on any atom is -0.481 e. The summed E-state index contributed by atoms with van der Waals surface area (Å²) >= 11 is 0. The molecule has 0 heterocycles. The molecule has 0 fully saturated rings. The highest BCUT2D eigenvalue weighted by Gasteiger charge is 2.32. The molecule has 3 amide bonds. The highest BCUT2D eigenvalue weighted by Crippen LogP contribution is 2.08. The summed E-state index contributed by atoms with van der Waals surface area (Å²) in [5, 5.41) is 35.2. The molecule has 0 bridgehead atoms. The Morgan fingerprint density at radius 2 is 1.42 bits per heavy atom. The first kappa shape index (κ1) is 30.5. The smallest absolute Gasteiger partial charge is 0.328 e. The van der Waals surface area contributed by atoms with Gasteiger partial charge in [0, 0.05) is 12.8 Å².